The highest BCUT2D eigenvalue weighted by Gasteiger charge is 2.12. The second-order valence-electron chi connectivity index (χ2n) is 6.36. The molecular weight excluding hydrogens is 362 g/mol. The van der Waals surface area contributed by atoms with Crippen LogP contribution in [0.4, 0.5) is 0 Å². The number of H-pyrrole nitrogens is 1. The number of imidazole rings is 1. The summed E-state index contributed by atoms with van der Waals surface area (Å²) in [6, 6.07) is 14.1. The predicted octanol–water partition coefficient (Wildman–Crippen LogP) is 3.81. The van der Waals surface area contributed by atoms with E-state index < -0.39 is 0 Å². The minimum Gasteiger partial charge on any atom is -0.329 e. The molecule has 0 fully saturated rings. The predicted molar refractivity (Wildman–Crippen MR) is 105 cm³/mol. The van der Waals surface area contributed by atoms with Crippen LogP contribution in [0, 0.1) is 6.92 Å². The van der Waals surface area contributed by atoms with Gasteiger partial charge in [0.05, 0.1) is 0 Å². The Labute approximate surface area is 160 Å². The van der Waals surface area contributed by atoms with Gasteiger partial charge in [-0.25, -0.2) is 4.98 Å². The van der Waals surface area contributed by atoms with Gasteiger partial charge in [-0.3, -0.25) is 14.0 Å². The molecule has 5 nitrogen and oxygen atoms in total. The van der Waals surface area contributed by atoms with E-state index in [-0.39, 0.29) is 11.3 Å². The third-order valence-corrected chi connectivity index (χ3v) is 4.83. The Kier molecular flexibility index (Phi) is 4.38. The first-order chi connectivity index (χ1) is 13.0. The lowest BCUT2D eigenvalue weighted by atomic mass is 9.99. The summed E-state index contributed by atoms with van der Waals surface area (Å²) in [4.78, 5) is 32.4. The molecule has 4 rings (SSSR count). The zero-order valence-electron chi connectivity index (χ0n) is 14.6. The summed E-state index contributed by atoms with van der Waals surface area (Å²) < 4.78 is 1.50. The molecular formula is C21H16ClN3O2. The highest BCUT2D eigenvalue weighted by Crippen LogP contribution is 2.16. The van der Waals surface area contributed by atoms with Crippen molar-refractivity contribution in [3.05, 3.63) is 104 Å². The third kappa shape index (κ3) is 3.29. The Hall–Kier alpha value is -3.18. The van der Waals surface area contributed by atoms with Crippen LogP contribution < -0.4 is 5.56 Å². The van der Waals surface area contributed by atoms with Crippen LogP contribution >= 0.6 is 11.6 Å². The summed E-state index contributed by atoms with van der Waals surface area (Å²) in [5.41, 5.74) is 3.52. The maximum Gasteiger partial charge on any atom is 0.262 e. The van der Waals surface area contributed by atoms with Gasteiger partial charge < -0.3 is 4.98 Å². The van der Waals surface area contributed by atoms with Gasteiger partial charge in [-0.2, -0.15) is 0 Å². The van der Waals surface area contributed by atoms with Crippen molar-refractivity contribution in [3.63, 3.8) is 0 Å². The van der Waals surface area contributed by atoms with Crippen molar-refractivity contribution in [2.24, 2.45) is 0 Å². The van der Waals surface area contributed by atoms with E-state index in [4.69, 9.17) is 11.6 Å². The number of ketones is 1. The number of aryl methyl sites for hydroxylation is 1. The van der Waals surface area contributed by atoms with E-state index in [2.05, 4.69) is 9.97 Å². The quantitative estimate of drug-likeness (QED) is 0.550. The molecule has 0 aliphatic heterocycles. The summed E-state index contributed by atoms with van der Waals surface area (Å²) in [6.07, 6.45) is 3.71. The van der Waals surface area contributed by atoms with Gasteiger partial charge in [0, 0.05) is 46.2 Å². The molecule has 0 aliphatic carbocycles. The zero-order chi connectivity index (χ0) is 19.0. The van der Waals surface area contributed by atoms with Gasteiger partial charge in [0.2, 0.25) is 5.78 Å². The van der Waals surface area contributed by atoms with Crippen molar-refractivity contribution < 1.29 is 4.79 Å². The maximum atomic E-state index is 12.6. The molecule has 0 saturated carbocycles. The van der Waals surface area contributed by atoms with Gasteiger partial charge in [-0.15, -0.1) is 0 Å². The van der Waals surface area contributed by atoms with Crippen LogP contribution in [0.5, 0.6) is 0 Å². The number of aromatic amines is 1. The maximum absolute atomic E-state index is 12.6. The molecule has 0 bridgehead atoms. The normalized spacial score (nSPS) is 11.0. The Bertz CT molecular complexity index is 1190. The topological polar surface area (TPSA) is 67.2 Å². The fraction of sp³-hybridized carbons (Fsp3) is 0.0952. The lowest BCUT2D eigenvalue weighted by Crippen LogP contribution is -2.20. The monoisotopic (exact) mass is 377 g/mol. The van der Waals surface area contributed by atoms with Gasteiger partial charge in [0.15, 0.2) is 5.78 Å². The van der Waals surface area contributed by atoms with Gasteiger partial charge in [0.1, 0.15) is 0 Å². The standard InChI is InChI=1S/C21H16ClN3O2/c1-13-18(20(27)25-11-10-23-21(25)24-13)12-14-2-4-15(5-3-14)19(26)16-6-8-17(22)9-7-16/h2-11H,12H2,1H3,(H,23,24). The minimum absolute atomic E-state index is 0.0629. The first-order valence-electron chi connectivity index (χ1n) is 8.47. The number of benzene rings is 2. The lowest BCUT2D eigenvalue weighted by molar-refractivity contribution is 0.103. The van der Waals surface area contributed by atoms with Crippen LogP contribution in [-0.2, 0) is 6.42 Å². The Morgan fingerprint density at radius 3 is 2.37 bits per heavy atom. The van der Waals surface area contributed by atoms with Gasteiger partial charge in [-0.1, -0.05) is 35.9 Å². The van der Waals surface area contributed by atoms with Crippen molar-refractivity contribution in [3.8, 4) is 0 Å². The number of carbonyl (C=O) groups is 1. The Morgan fingerprint density at radius 1 is 1.07 bits per heavy atom. The van der Waals surface area contributed by atoms with E-state index in [1.807, 2.05) is 19.1 Å². The van der Waals surface area contributed by atoms with Crippen molar-refractivity contribution >= 4 is 23.2 Å². The highest BCUT2D eigenvalue weighted by molar-refractivity contribution is 6.30. The summed E-state index contributed by atoms with van der Waals surface area (Å²) in [6.45, 7) is 1.86. The third-order valence-electron chi connectivity index (χ3n) is 4.57. The van der Waals surface area contributed by atoms with Crippen LogP contribution in [-0.4, -0.2) is 20.2 Å². The van der Waals surface area contributed by atoms with Crippen molar-refractivity contribution in [1.29, 1.82) is 0 Å². The first-order valence-corrected chi connectivity index (χ1v) is 8.85. The number of hydrogen-bond acceptors (Lipinski definition) is 3. The first kappa shape index (κ1) is 17.2. The molecule has 2 aromatic carbocycles. The lowest BCUT2D eigenvalue weighted by Gasteiger charge is -2.08. The van der Waals surface area contributed by atoms with Gasteiger partial charge in [0.25, 0.3) is 5.56 Å². The van der Waals surface area contributed by atoms with Crippen molar-refractivity contribution in [2.75, 3.05) is 0 Å². The van der Waals surface area contributed by atoms with E-state index in [1.165, 1.54) is 4.40 Å². The number of nitrogens with one attached hydrogen (secondary N) is 1. The molecule has 1 N–H and O–H groups in total. The van der Waals surface area contributed by atoms with Crippen molar-refractivity contribution in [1.82, 2.24) is 14.4 Å². The molecule has 0 amide bonds. The van der Waals surface area contributed by atoms with E-state index in [0.29, 0.717) is 33.9 Å². The number of hydrogen-bond donors (Lipinski definition) is 1. The minimum atomic E-state index is -0.0833. The number of halogens is 1. The number of nitrogens with zero attached hydrogens (tertiary/aromatic N) is 2. The number of carbonyl (C=O) groups excluding carboxylic acids is 1. The molecule has 0 saturated heterocycles. The molecule has 0 unspecified atom stereocenters. The molecule has 134 valence electrons. The molecule has 4 aromatic rings. The van der Waals surface area contributed by atoms with Crippen LogP contribution in [0.25, 0.3) is 5.78 Å². The van der Waals surface area contributed by atoms with Crippen LogP contribution in [0.2, 0.25) is 5.02 Å². The second-order valence-corrected chi connectivity index (χ2v) is 6.80. The second kappa shape index (κ2) is 6.85. The van der Waals surface area contributed by atoms with Crippen LogP contribution in [0.15, 0.2) is 65.7 Å². The summed E-state index contributed by atoms with van der Waals surface area (Å²) in [7, 11) is 0. The zero-order valence-corrected chi connectivity index (χ0v) is 15.3. The fourth-order valence-electron chi connectivity index (χ4n) is 3.06. The largest absolute Gasteiger partial charge is 0.329 e. The Balaban J connectivity index is 1.61. The molecule has 0 radical (unpaired) electrons. The number of aromatic nitrogens is 3. The molecule has 0 aliphatic rings. The summed E-state index contributed by atoms with van der Waals surface area (Å²) >= 11 is 5.87. The molecule has 27 heavy (non-hydrogen) atoms. The Morgan fingerprint density at radius 2 is 1.70 bits per heavy atom. The molecule has 0 atom stereocenters. The van der Waals surface area contributed by atoms with Gasteiger partial charge in [-0.05, 0) is 36.8 Å². The van der Waals surface area contributed by atoms with E-state index >= 15 is 0 Å². The summed E-state index contributed by atoms with van der Waals surface area (Å²) in [5.74, 6) is 0.470. The molecule has 0 spiro atoms. The smallest absolute Gasteiger partial charge is 0.262 e. The van der Waals surface area contributed by atoms with E-state index in [1.54, 1.807) is 48.8 Å². The van der Waals surface area contributed by atoms with E-state index in [9.17, 15) is 9.59 Å². The molecule has 2 aromatic heterocycles. The fourth-order valence-corrected chi connectivity index (χ4v) is 3.19. The van der Waals surface area contributed by atoms with Crippen LogP contribution in [0.3, 0.4) is 0 Å². The van der Waals surface area contributed by atoms with Crippen LogP contribution in [0.1, 0.15) is 32.7 Å². The number of rotatable bonds is 4. The SMILES string of the molecule is Cc1[nH]c2nccn2c(=O)c1Cc1ccc(C(=O)c2ccc(Cl)cc2)cc1. The summed E-state index contributed by atoms with van der Waals surface area (Å²) in [5, 5.41) is 0.595. The van der Waals surface area contributed by atoms with E-state index in [0.717, 1.165) is 11.3 Å². The number of fused-ring (bicyclic) bond motifs is 1. The van der Waals surface area contributed by atoms with Crippen molar-refractivity contribution in [2.45, 2.75) is 13.3 Å². The average Bonchev–Trinajstić information content (AvgIpc) is 3.14. The van der Waals surface area contributed by atoms with Gasteiger partial charge >= 0.3 is 0 Å². The molecule has 6 heteroatoms. The average molecular weight is 378 g/mol. The molecule has 2 heterocycles. The highest BCUT2D eigenvalue weighted by atomic mass is 35.5.